The summed E-state index contributed by atoms with van der Waals surface area (Å²) in [5.41, 5.74) is 5.31. The summed E-state index contributed by atoms with van der Waals surface area (Å²) < 4.78 is 0. The molecule has 2 unspecified atom stereocenters. The van der Waals surface area contributed by atoms with Crippen molar-refractivity contribution < 1.29 is 10.0 Å². The number of fused-ring (bicyclic) bond motifs is 1. The molecule has 0 heterocycles. The normalized spacial score (nSPS) is 36.0. The average molecular weight is 279 g/mol. The Kier molecular flexibility index (Phi) is 3.61. The van der Waals surface area contributed by atoms with E-state index in [-0.39, 0.29) is 17.7 Å². The number of nitrogens with two attached hydrogens (primary N) is 1. The molecule has 0 spiro atoms. The Balaban J connectivity index is 1.71. The zero-order valence-corrected chi connectivity index (χ0v) is 12.0. The number of hydrogen-bond acceptors (Lipinski definition) is 3. The highest BCUT2D eigenvalue weighted by Crippen LogP contribution is 2.57. The summed E-state index contributed by atoms with van der Waals surface area (Å²) in [6, 6.07) is 0. The zero-order valence-electron chi connectivity index (χ0n) is 12.0. The number of amides is 1. The minimum Gasteiger partial charge on any atom is -0.409 e. The van der Waals surface area contributed by atoms with Crippen LogP contribution in [0.25, 0.3) is 0 Å². The fourth-order valence-corrected chi connectivity index (χ4v) is 4.40. The maximum Gasteiger partial charge on any atom is 0.224 e. The van der Waals surface area contributed by atoms with Crippen molar-refractivity contribution in [3.8, 4) is 0 Å². The number of hydrogen-bond donors (Lipinski definition) is 3. The Bertz CT molecular complexity index is 403. The van der Waals surface area contributed by atoms with Gasteiger partial charge in [-0.15, -0.1) is 0 Å². The predicted octanol–water partition coefficient (Wildman–Crippen LogP) is 1.99. The van der Waals surface area contributed by atoms with E-state index in [1.807, 2.05) is 0 Å². The molecule has 20 heavy (non-hydrogen) atoms. The number of rotatable bonds is 3. The van der Waals surface area contributed by atoms with Gasteiger partial charge in [-0.1, -0.05) is 37.3 Å². The average Bonchev–Trinajstić information content (AvgIpc) is 3.05. The SMILES string of the molecule is NC(=NO)C1(NC(=O)C2C3CCCC32)CCCCCC1. The first-order valence-corrected chi connectivity index (χ1v) is 7.98. The standard InChI is InChI=1S/C15H25N3O2/c16-14(18-20)15(8-3-1-2-4-9-15)17-13(19)12-10-6-5-7-11(10)12/h10-12,20H,1-9H2,(H2,16,18)(H,17,19). The summed E-state index contributed by atoms with van der Waals surface area (Å²) >= 11 is 0. The number of nitrogens with one attached hydrogen (secondary N) is 1. The van der Waals surface area contributed by atoms with Crippen LogP contribution in [0.3, 0.4) is 0 Å². The lowest BCUT2D eigenvalue weighted by Crippen LogP contribution is -2.58. The highest BCUT2D eigenvalue weighted by molar-refractivity contribution is 5.95. The third kappa shape index (κ3) is 2.27. The van der Waals surface area contributed by atoms with Crippen LogP contribution in [0.4, 0.5) is 0 Å². The van der Waals surface area contributed by atoms with E-state index in [9.17, 15) is 4.79 Å². The Morgan fingerprint density at radius 1 is 1.10 bits per heavy atom. The van der Waals surface area contributed by atoms with Crippen LogP contribution in [-0.4, -0.2) is 22.5 Å². The zero-order chi connectivity index (χ0) is 14.2. The number of oxime groups is 1. The van der Waals surface area contributed by atoms with Crippen molar-refractivity contribution >= 4 is 11.7 Å². The van der Waals surface area contributed by atoms with E-state index in [0.29, 0.717) is 11.8 Å². The van der Waals surface area contributed by atoms with Crippen LogP contribution in [-0.2, 0) is 4.79 Å². The van der Waals surface area contributed by atoms with Crippen molar-refractivity contribution in [2.45, 2.75) is 63.3 Å². The minimum atomic E-state index is -0.612. The van der Waals surface area contributed by atoms with E-state index in [4.69, 9.17) is 10.9 Å². The number of carbonyl (C=O) groups excluding carboxylic acids is 1. The fraction of sp³-hybridized carbons (Fsp3) is 0.867. The van der Waals surface area contributed by atoms with E-state index in [2.05, 4.69) is 10.5 Å². The van der Waals surface area contributed by atoms with Crippen LogP contribution >= 0.6 is 0 Å². The first-order chi connectivity index (χ1) is 9.68. The van der Waals surface area contributed by atoms with Gasteiger partial charge in [0.25, 0.3) is 0 Å². The largest absolute Gasteiger partial charge is 0.409 e. The lowest BCUT2D eigenvalue weighted by molar-refractivity contribution is -0.124. The van der Waals surface area contributed by atoms with Crippen LogP contribution in [0.15, 0.2) is 5.16 Å². The lowest BCUT2D eigenvalue weighted by atomic mass is 9.88. The second kappa shape index (κ2) is 5.26. The van der Waals surface area contributed by atoms with E-state index in [1.165, 1.54) is 19.3 Å². The molecule has 0 aromatic heterocycles. The van der Waals surface area contributed by atoms with Crippen molar-refractivity contribution in [2.75, 3.05) is 0 Å². The van der Waals surface area contributed by atoms with E-state index >= 15 is 0 Å². The van der Waals surface area contributed by atoms with Crippen molar-refractivity contribution in [1.29, 1.82) is 0 Å². The molecular weight excluding hydrogens is 254 g/mol. The highest BCUT2D eigenvalue weighted by Gasteiger charge is 2.57. The quantitative estimate of drug-likeness (QED) is 0.243. The van der Waals surface area contributed by atoms with Crippen molar-refractivity contribution in [1.82, 2.24) is 5.32 Å². The first kappa shape index (κ1) is 13.7. The Morgan fingerprint density at radius 3 is 2.25 bits per heavy atom. The molecule has 5 nitrogen and oxygen atoms in total. The maximum absolute atomic E-state index is 12.5. The van der Waals surface area contributed by atoms with E-state index < -0.39 is 5.54 Å². The Labute approximate surface area is 120 Å². The van der Waals surface area contributed by atoms with Gasteiger partial charge in [-0.3, -0.25) is 4.79 Å². The summed E-state index contributed by atoms with van der Waals surface area (Å²) in [7, 11) is 0. The molecule has 0 bridgehead atoms. The minimum absolute atomic E-state index is 0.133. The number of carbonyl (C=O) groups is 1. The molecule has 0 aromatic rings. The fourth-order valence-electron chi connectivity index (χ4n) is 4.40. The van der Waals surface area contributed by atoms with Gasteiger partial charge >= 0.3 is 0 Å². The van der Waals surface area contributed by atoms with Crippen LogP contribution in [0.1, 0.15) is 57.8 Å². The molecule has 2 atom stereocenters. The van der Waals surface area contributed by atoms with Gasteiger partial charge in [-0.2, -0.15) is 0 Å². The van der Waals surface area contributed by atoms with E-state index in [0.717, 1.165) is 38.5 Å². The molecule has 0 aromatic carbocycles. The summed E-state index contributed by atoms with van der Waals surface area (Å²) in [6.07, 6.45) is 9.59. The van der Waals surface area contributed by atoms with Crippen LogP contribution < -0.4 is 11.1 Å². The highest BCUT2D eigenvalue weighted by atomic mass is 16.4. The Morgan fingerprint density at radius 2 is 1.70 bits per heavy atom. The first-order valence-electron chi connectivity index (χ1n) is 7.98. The van der Waals surface area contributed by atoms with Gasteiger partial charge in [0.1, 0.15) is 5.54 Å². The van der Waals surface area contributed by atoms with Gasteiger partial charge in [0, 0.05) is 5.92 Å². The second-order valence-corrected chi connectivity index (χ2v) is 6.76. The smallest absolute Gasteiger partial charge is 0.224 e. The molecule has 3 aliphatic rings. The Hall–Kier alpha value is -1.26. The summed E-state index contributed by atoms with van der Waals surface area (Å²) in [5, 5.41) is 15.5. The van der Waals surface area contributed by atoms with Gasteiger partial charge in [0.2, 0.25) is 5.91 Å². The summed E-state index contributed by atoms with van der Waals surface area (Å²) in [5.74, 6) is 1.71. The maximum atomic E-state index is 12.5. The molecule has 3 rings (SSSR count). The molecule has 5 heteroatoms. The van der Waals surface area contributed by atoms with Crippen molar-refractivity contribution in [3.05, 3.63) is 0 Å². The number of amidine groups is 1. The summed E-state index contributed by atoms with van der Waals surface area (Å²) in [6.45, 7) is 0. The van der Waals surface area contributed by atoms with Gasteiger partial charge in [-0.25, -0.2) is 0 Å². The van der Waals surface area contributed by atoms with Crippen LogP contribution in [0.2, 0.25) is 0 Å². The van der Waals surface area contributed by atoms with E-state index in [1.54, 1.807) is 0 Å². The molecule has 0 radical (unpaired) electrons. The molecule has 3 fully saturated rings. The van der Waals surface area contributed by atoms with Gasteiger partial charge < -0.3 is 16.3 Å². The molecule has 0 saturated heterocycles. The monoisotopic (exact) mass is 279 g/mol. The molecule has 4 N–H and O–H groups in total. The lowest BCUT2D eigenvalue weighted by Gasteiger charge is -2.32. The van der Waals surface area contributed by atoms with Crippen molar-refractivity contribution in [3.63, 3.8) is 0 Å². The molecular formula is C15H25N3O2. The molecule has 0 aliphatic heterocycles. The molecule has 1 amide bonds. The van der Waals surface area contributed by atoms with Gasteiger partial charge in [0.05, 0.1) is 0 Å². The molecule has 112 valence electrons. The molecule has 3 saturated carbocycles. The third-order valence-corrected chi connectivity index (χ3v) is 5.63. The van der Waals surface area contributed by atoms with Crippen LogP contribution in [0.5, 0.6) is 0 Å². The van der Waals surface area contributed by atoms with Crippen molar-refractivity contribution in [2.24, 2.45) is 28.6 Å². The molecule has 3 aliphatic carbocycles. The predicted molar refractivity (Wildman–Crippen MR) is 76.3 cm³/mol. The van der Waals surface area contributed by atoms with Gasteiger partial charge in [-0.05, 0) is 37.5 Å². The topological polar surface area (TPSA) is 87.7 Å². The number of nitrogens with zero attached hydrogens (tertiary/aromatic N) is 1. The third-order valence-electron chi connectivity index (χ3n) is 5.63. The second-order valence-electron chi connectivity index (χ2n) is 6.76. The summed E-state index contributed by atoms with van der Waals surface area (Å²) in [4.78, 5) is 12.5. The van der Waals surface area contributed by atoms with Crippen LogP contribution in [0, 0.1) is 17.8 Å². The van der Waals surface area contributed by atoms with Gasteiger partial charge in [0.15, 0.2) is 5.84 Å².